The molecule has 9 nitrogen and oxygen atoms in total. The maximum Gasteiger partial charge on any atom is 0.259 e. The molecule has 2 aliphatic rings. The lowest BCUT2D eigenvalue weighted by molar-refractivity contribution is 0.102. The lowest BCUT2D eigenvalue weighted by atomic mass is 10.1. The third-order valence-corrected chi connectivity index (χ3v) is 5.66. The lowest BCUT2D eigenvalue weighted by Crippen LogP contribution is -2.13. The molecular weight excluding hydrogens is 382 g/mol. The van der Waals surface area contributed by atoms with Crippen molar-refractivity contribution in [2.45, 2.75) is 44.6 Å². The van der Waals surface area contributed by atoms with E-state index < -0.39 is 0 Å². The molecule has 0 radical (unpaired) electrons. The van der Waals surface area contributed by atoms with Crippen molar-refractivity contribution in [3.8, 4) is 11.4 Å². The van der Waals surface area contributed by atoms with E-state index in [9.17, 15) is 4.79 Å². The molecule has 150 valence electrons. The van der Waals surface area contributed by atoms with E-state index in [0.29, 0.717) is 40.0 Å². The van der Waals surface area contributed by atoms with Crippen LogP contribution in [0.25, 0.3) is 22.5 Å². The van der Waals surface area contributed by atoms with Crippen molar-refractivity contribution in [2.24, 2.45) is 0 Å². The number of tetrazole rings is 1. The Hall–Kier alpha value is -3.62. The summed E-state index contributed by atoms with van der Waals surface area (Å²) in [7, 11) is 0. The van der Waals surface area contributed by atoms with Crippen LogP contribution >= 0.6 is 0 Å². The summed E-state index contributed by atoms with van der Waals surface area (Å²) in [6.45, 7) is 1.82. The van der Waals surface area contributed by atoms with Crippen molar-refractivity contribution < 1.29 is 9.32 Å². The Kier molecular flexibility index (Phi) is 3.71. The van der Waals surface area contributed by atoms with Crippen LogP contribution in [0.1, 0.15) is 59.4 Å². The van der Waals surface area contributed by atoms with Crippen LogP contribution in [-0.2, 0) is 0 Å². The highest BCUT2D eigenvalue weighted by Gasteiger charge is 2.29. The number of carbonyl (C=O) groups excluding carboxylic acids is 1. The molecule has 1 N–H and O–H groups in total. The van der Waals surface area contributed by atoms with Gasteiger partial charge in [-0.2, -0.15) is 0 Å². The number of hydrogen-bond donors (Lipinski definition) is 1. The normalized spacial score (nSPS) is 16.2. The highest BCUT2D eigenvalue weighted by molar-refractivity contribution is 6.12. The molecule has 2 saturated carbocycles. The smallest absolute Gasteiger partial charge is 0.259 e. The van der Waals surface area contributed by atoms with Gasteiger partial charge in [-0.3, -0.25) is 4.79 Å². The van der Waals surface area contributed by atoms with Crippen molar-refractivity contribution in [1.82, 2.24) is 30.3 Å². The first-order valence-electron chi connectivity index (χ1n) is 10.1. The maximum atomic E-state index is 13.1. The van der Waals surface area contributed by atoms with Crippen LogP contribution in [0.5, 0.6) is 0 Å². The summed E-state index contributed by atoms with van der Waals surface area (Å²) in [4.78, 5) is 17.6. The second-order valence-corrected chi connectivity index (χ2v) is 8.03. The van der Waals surface area contributed by atoms with Crippen molar-refractivity contribution in [1.29, 1.82) is 0 Å². The molecule has 0 unspecified atom stereocenters. The van der Waals surface area contributed by atoms with E-state index in [1.54, 1.807) is 0 Å². The van der Waals surface area contributed by atoms with E-state index in [-0.39, 0.29) is 5.91 Å². The van der Waals surface area contributed by atoms with Gasteiger partial charge >= 0.3 is 0 Å². The topological polar surface area (TPSA) is 112 Å². The number of hydrogen-bond acceptors (Lipinski definition) is 7. The third-order valence-electron chi connectivity index (χ3n) is 5.66. The fourth-order valence-corrected chi connectivity index (χ4v) is 3.73. The first-order chi connectivity index (χ1) is 14.7. The minimum absolute atomic E-state index is 0.203. The van der Waals surface area contributed by atoms with Crippen molar-refractivity contribution >= 4 is 22.7 Å². The van der Waals surface area contributed by atoms with Crippen LogP contribution in [0.3, 0.4) is 0 Å². The number of benzene rings is 1. The van der Waals surface area contributed by atoms with E-state index in [4.69, 9.17) is 4.52 Å². The molecule has 2 fully saturated rings. The van der Waals surface area contributed by atoms with E-state index in [1.165, 1.54) is 0 Å². The summed E-state index contributed by atoms with van der Waals surface area (Å²) >= 11 is 0. The van der Waals surface area contributed by atoms with Gasteiger partial charge in [-0.05, 0) is 73.4 Å². The highest BCUT2D eigenvalue weighted by Crippen LogP contribution is 2.40. The number of rotatable bonds is 5. The molecule has 1 amide bonds. The Labute approximate surface area is 171 Å². The average molecular weight is 401 g/mol. The number of anilines is 1. The fraction of sp³-hybridized carbons (Fsp3) is 0.333. The Balaban J connectivity index is 1.29. The average Bonchev–Trinajstić information content (AvgIpc) is 3.70. The molecule has 0 atom stereocenters. The Bertz CT molecular complexity index is 1270. The Morgan fingerprint density at radius 3 is 2.70 bits per heavy atom. The lowest BCUT2D eigenvalue weighted by Gasteiger charge is -2.09. The maximum absolute atomic E-state index is 13.1. The first kappa shape index (κ1) is 17.3. The summed E-state index contributed by atoms with van der Waals surface area (Å²) in [5.74, 6) is 0.953. The molecule has 30 heavy (non-hydrogen) atoms. The molecule has 0 bridgehead atoms. The van der Waals surface area contributed by atoms with Gasteiger partial charge in [0, 0.05) is 22.9 Å². The molecule has 9 heteroatoms. The molecule has 0 saturated heterocycles. The summed E-state index contributed by atoms with van der Waals surface area (Å²) in [5, 5.41) is 19.7. The van der Waals surface area contributed by atoms with Gasteiger partial charge < -0.3 is 9.84 Å². The van der Waals surface area contributed by atoms with Crippen LogP contribution in [0.15, 0.2) is 34.9 Å². The number of carbonyl (C=O) groups is 1. The first-order valence-corrected chi connectivity index (χ1v) is 10.1. The van der Waals surface area contributed by atoms with Crippen LogP contribution in [0, 0.1) is 6.92 Å². The van der Waals surface area contributed by atoms with E-state index in [0.717, 1.165) is 42.8 Å². The second-order valence-electron chi connectivity index (χ2n) is 8.03. The number of aryl methyl sites for hydroxylation is 1. The number of fused-ring (bicyclic) bond motifs is 1. The zero-order valence-electron chi connectivity index (χ0n) is 16.4. The summed E-state index contributed by atoms with van der Waals surface area (Å²) in [6, 6.07) is 9.83. The number of nitrogens with zero attached hydrogens (tertiary/aromatic N) is 6. The number of aromatic nitrogens is 6. The fourth-order valence-electron chi connectivity index (χ4n) is 3.73. The Morgan fingerprint density at radius 1 is 1.17 bits per heavy atom. The molecule has 3 heterocycles. The van der Waals surface area contributed by atoms with Gasteiger partial charge in [0.2, 0.25) is 0 Å². The quantitative estimate of drug-likeness (QED) is 0.543. The predicted molar refractivity (Wildman–Crippen MR) is 108 cm³/mol. The largest absolute Gasteiger partial charge is 0.336 e. The minimum Gasteiger partial charge on any atom is -0.336 e. The van der Waals surface area contributed by atoms with Crippen LogP contribution < -0.4 is 5.32 Å². The van der Waals surface area contributed by atoms with E-state index in [2.05, 4.69) is 31.0 Å². The van der Waals surface area contributed by atoms with Crippen molar-refractivity contribution in [3.63, 3.8) is 0 Å². The summed E-state index contributed by atoms with van der Waals surface area (Å²) < 4.78 is 7.21. The summed E-state index contributed by atoms with van der Waals surface area (Å²) in [6.07, 6.45) is 4.40. The molecule has 2 aliphatic carbocycles. The van der Waals surface area contributed by atoms with Crippen molar-refractivity contribution in [2.75, 3.05) is 5.32 Å². The predicted octanol–water partition coefficient (Wildman–Crippen LogP) is 3.65. The number of amides is 1. The number of pyridine rings is 1. The zero-order chi connectivity index (χ0) is 20.2. The van der Waals surface area contributed by atoms with Gasteiger partial charge in [0.15, 0.2) is 5.82 Å². The number of nitrogens with one attached hydrogen (secondary N) is 1. The third kappa shape index (κ3) is 2.94. The SMILES string of the molecule is Cc1noc2nc(C3CC3)cc(C(=O)Nc3ccc(-c4nnnn4C4CC4)cc3)c12. The monoisotopic (exact) mass is 401 g/mol. The van der Waals surface area contributed by atoms with Gasteiger partial charge in [0.05, 0.1) is 22.7 Å². The van der Waals surface area contributed by atoms with Gasteiger partial charge in [0.25, 0.3) is 11.6 Å². The molecule has 1 aromatic carbocycles. The zero-order valence-corrected chi connectivity index (χ0v) is 16.4. The van der Waals surface area contributed by atoms with Gasteiger partial charge in [0.1, 0.15) is 0 Å². The molecule has 3 aromatic heterocycles. The van der Waals surface area contributed by atoms with Gasteiger partial charge in [-0.15, -0.1) is 5.10 Å². The highest BCUT2D eigenvalue weighted by atomic mass is 16.5. The van der Waals surface area contributed by atoms with Crippen LogP contribution in [-0.4, -0.2) is 36.3 Å². The molecule has 4 aromatic rings. The summed E-state index contributed by atoms with van der Waals surface area (Å²) in [5.41, 5.74) is 4.13. The van der Waals surface area contributed by atoms with E-state index in [1.807, 2.05) is 41.9 Å². The van der Waals surface area contributed by atoms with Crippen LogP contribution in [0.2, 0.25) is 0 Å². The van der Waals surface area contributed by atoms with Gasteiger partial charge in [-0.25, -0.2) is 9.67 Å². The van der Waals surface area contributed by atoms with E-state index >= 15 is 0 Å². The molecular formula is C21H19N7O2. The molecule has 6 rings (SSSR count). The second kappa shape index (κ2) is 6.45. The van der Waals surface area contributed by atoms with Gasteiger partial charge in [-0.1, -0.05) is 5.16 Å². The Morgan fingerprint density at radius 2 is 1.97 bits per heavy atom. The van der Waals surface area contributed by atoms with Crippen LogP contribution in [0.4, 0.5) is 5.69 Å². The molecule has 0 aliphatic heterocycles. The molecule has 0 spiro atoms. The minimum atomic E-state index is -0.203. The van der Waals surface area contributed by atoms with Crippen molar-refractivity contribution in [3.05, 3.63) is 47.3 Å². The standard InChI is InChI=1S/C21H19N7O2/c1-11-18-16(10-17(12-2-3-12)23-21(18)30-25-11)20(29)22-14-6-4-13(5-7-14)19-24-26-27-28(19)15-8-9-15/h4-7,10,12,15H,2-3,8-9H2,1H3,(H,22,29).